The average Bonchev–Trinajstić information content (AvgIpc) is 3.06. The fourth-order valence-corrected chi connectivity index (χ4v) is 2.72. The van der Waals surface area contributed by atoms with Gasteiger partial charge >= 0.3 is 0 Å². The second kappa shape index (κ2) is 6.56. The molecule has 0 aliphatic heterocycles. The van der Waals surface area contributed by atoms with Crippen LogP contribution < -0.4 is 4.90 Å². The smallest absolute Gasteiger partial charge is 0.250 e. The number of anilines is 1. The highest BCUT2D eigenvalue weighted by Gasteiger charge is 2.20. The lowest BCUT2D eigenvalue weighted by Gasteiger charge is -2.25. The Labute approximate surface area is 144 Å². The largest absolute Gasteiger partial charge is 0.336 e. The molecule has 0 aliphatic carbocycles. The molecule has 23 heavy (non-hydrogen) atoms. The van der Waals surface area contributed by atoms with Crippen LogP contribution in [0.25, 0.3) is 5.69 Å². The van der Waals surface area contributed by atoms with Crippen molar-refractivity contribution < 1.29 is 0 Å². The molecule has 0 amide bonds. The van der Waals surface area contributed by atoms with E-state index in [1.54, 1.807) is 10.7 Å². The van der Waals surface area contributed by atoms with Crippen LogP contribution in [0.5, 0.6) is 0 Å². The predicted molar refractivity (Wildman–Crippen MR) is 92.4 cm³/mol. The minimum atomic E-state index is 0.0962. The van der Waals surface area contributed by atoms with E-state index >= 15 is 0 Å². The van der Waals surface area contributed by atoms with Gasteiger partial charge < -0.3 is 4.90 Å². The Bertz CT molecular complexity index is 803. The number of nitrogens with zero attached hydrogens (tertiary/aromatic N) is 5. The molecule has 0 spiro atoms. The summed E-state index contributed by atoms with van der Waals surface area (Å²) < 4.78 is 1.59. The summed E-state index contributed by atoms with van der Waals surface area (Å²) in [7, 11) is 1.94. The molecular weight excluding hydrogens is 333 g/mol. The molecule has 1 aromatic heterocycles. The van der Waals surface area contributed by atoms with Gasteiger partial charge in [-0.25, -0.2) is 0 Å². The number of hydrogen-bond acceptors (Lipinski definition) is 4. The molecule has 0 N–H and O–H groups in total. The lowest BCUT2D eigenvalue weighted by molar-refractivity contribution is 0.695. The molecule has 3 rings (SSSR count). The molecule has 0 saturated carbocycles. The van der Waals surface area contributed by atoms with Crippen LogP contribution in [0.1, 0.15) is 18.5 Å². The van der Waals surface area contributed by atoms with E-state index in [0.29, 0.717) is 21.7 Å². The SMILES string of the molecule is C[C@H](c1ccccc1)N(C)c1nnnn1-c1cccc(Cl)c1Cl. The number of benzene rings is 2. The third-order valence-electron chi connectivity index (χ3n) is 3.79. The van der Waals surface area contributed by atoms with Crippen molar-refractivity contribution in [1.29, 1.82) is 0 Å². The highest BCUT2D eigenvalue weighted by atomic mass is 35.5. The van der Waals surface area contributed by atoms with Crippen molar-refractivity contribution in [3.8, 4) is 5.69 Å². The maximum Gasteiger partial charge on any atom is 0.250 e. The number of hydrogen-bond donors (Lipinski definition) is 0. The molecule has 0 aliphatic rings. The number of tetrazole rings is 1. The van der Waals surface area contributed by atoms with Crippen molar-refractivity contribution in [1.82, 2.24) is 20.2 Å². The number of aromatic nitrogens is 4. The van der Waals surface area contributed by atoms with Crippen LogP contribution in [0.3, 0.4) is 0 Å². The molecule has 7 heteroatoms. The summed E-state index contributed by atoms with van der Waals surface area (Å²) in [5, 5.41) is 12.9. The highest BCUT2D eigenvalue weighted by Crippen LogP contribution is 2.31. The lowest BCUT2D eigenvalue weighted by atomic mass is 10.1. The zero-order valence-corrected chi connectivity index (χ0v) is 14.2. The van der Waals surface area contributed by atoms with Gasteiger partial charge in [-0.1, -0.05) is 64.7 Å². The van der Waals surface area contributed by atoms with Crippen LogP contribution in [-0.2, 0) is 0 Å². The van der Waals surface area contributed by atoms with E-state index in [1.807, 2.05) is 42.3 Å². The Morgan fingerprint density at radius 2 is 1.78 bits per heavy atom. The fraction of sp³-hybridized carbons (Fsp3) is 0.188. The normalized spacial score (nSPS) is 12.2. The van der Waals surface area contributed by atoms with Crippen molar-refractivity contribution >= 4 is 29.2 Å². The van der Waals surface area contributed by atoms with Crippen molar-refractivity contribution in [2.45, 2.75) is 13.0 Å². The molecule has 2 aromatic carbocycles. The molecule has 0 bridgehead atoms. The summed E-state index contributed by atoms with van der Waals surface area (Å²) in [6, 6.07) is 15.6. The molecule has 1 atom stereocenters. The van der Waals surface area contributed by atoms with Crippen LogP contribution >= 0.6 is 23.2 Å². The first-order chi connectivity index (χ1) is 11.1. The maximum absolute atomic E-state index is 6.29. The second-order valence-corrected chi connectivity index (χ2v) is 5.95. The minimum Gasteiger partial charge on any atom is -0.336 e. The van der Waals surface area contributed by atoms with Crippen LogP contribution in [0.4, 0.5) is 5.95 Å². The van der Waals surface area contributed by atoms with Gasteiger partial charge in [0.2, 0.25) is 0 Å². The van der Waals surface area contributed by atoms with Gasteiger partial charge in [0.15, 0.2) is 0 Å². The Morgan fingerprint density at radius 1 is 1.04 bits per heavy atom. The van der Waals surface area contributed by atoms with Crippen LogP contribution in [0.15, 0.2) is 48.5 Å². The molecule has 0 fully saturated rings. The van der Waals surface area contributed by atoms with E-state index in [4.69, 9.17) is 23.2 Å². The Hall–Kier alpha value is -2.11. The first kappa shape index (κ1) is 15.8. The van der Waals surface area contributed by atoms with E-state index in [-0.39, 0.29) is 6.04 Å². The summed E-state index contributed by atoms with van der Waals surface area (Å²) in [4.78, 5) is 1.99. The molecule has 0 saturated heterocycles. The summed E-state index contributed by atoms with van der Waals surface area (Å²) in [5.41, 5.74) is 1.81. The fourth-order valence-electron chi connectivity index (χ4n) is 2.34. The number of rotatable bonds is 4. The number of halogens is 2. The lowest BCUT2D eigenvalue weighted by Crippen LogP contribution is -2.25. The zero-order chi connectivity index (χ0) is 16.4. The van der Waals surface area contributed by atoms with Crippen LogP contribution in [-0.4, -0.2) is 27.3 Å². The van der Waals surface area contributed by atoms with Gasteiger partial charge in [-0.15, -0.1) is 0 Å². The van der Waals surface area contributed by atoms with E-state index in [2.05, 4.69) is 34.6 Å². The first-order valence-corrected chi connectivity index (χ1v) is 7.85. The van der Waals surface area contributed by atoms with E-state index in [9.17, 15) is 0 Å². The average molecular weight is 348 g/mol. The standard InChI is InChI=1S/C16H15Cl2N5/c1-11(12-7-4-3-5-8-12)22(2)16-19-20-21-23(16)14-10-6-9-13(17)15(14)18/h3-11H,1-2H3/t11-/m1/s1. The van der Waals surface area contributed by atoms with Gasteiger partial charge in [0.1, 0.15) is 0 Å². The summed E-state index contributed by atoms with van der Waals surface area (Å²) in [6.45, 7) is 2.09. The van der Waals surface area contributed by atoms with Gasteiger partial charge in [-0.3, -0.25) is 0 Å². The van der Waals surface area contributed by atoms with Gasteiger partial charge in [0.05, 0.1) is 21.8 Å². The Balaban J connectivity index is 1.99. The topological polar surface area (TPSA) is 46.8 Å². The molecular formula is C16H15Cl2N5. The molecule has 5 nitrogen and oxygen atoms in total. The van der Waals surface area contributed by atoms with Crippen molar-refractivity contribution in [3.05, 3.63) is 64.1 Å². The van der Waals surface area contributed by atoms with Crippen LogP contribution in [0, 0.1) is 0 Å². The predicted octanol–water partition coefficient (Wildman–Crippen LogP) is 4.17. The van der Waals surface area contributed by atoms with E-state index in [1.165, 1.54) is 5.56 Å². The molecule has 118 valence electrons. The first-order valence-electron chi connectivity index (χ1n) is 7.10. The van der Waals surface area contributed by atoms with E-state index in [0.717, 1.165) is 0 Å². The maximum atomic E-state index is 6.29. The summed E-state index contributed by atoms with van der Waals surface area (Å²) >= 11 is 12.4. The van der Waals surface area contributed by atoms with Gasteiger partial charge in [0, 0.05) is 7.05 Å². The second-order valence-electron chi connectivity index (χ2n) is 5.16. The van der Waals surface area contributed by atoms with Crippen molar-refractivity contribution in [2.24, 2.45) is 0 Å². The van der Waals surface area contributed by atoms with Crippen molar-refractivity contribution in [2.75, 3.05) is 11.9 Å². The van der Waals surface area contributed by atoms with Crippen molar-refractivity contribution in [3.63, 3.8) is 0 Å². The quantitative estimate of drug-likeness (QED) is 0.710. The third-order valence-corrected chi connectivity index (χ3v) is 4.60. The molecule has 1 heterocycles. The summed E-state index contributed by atoms with van der Waals surface area (Å²) in [6.07, 6.45) is 0. The highest BCUT2D eigenvalue weighted by molar-refractivity contribution is 6.43. The zero-order valence-electron chi connectivity index (χ0n) is 12.7. The summed E-state index contributed by atoms with van der Waals surface area (Å²) in [5.74, 6) is 0.588. The monoisotopic (exact) mass is 347 g/mol. The van der Waals surface area contributed by atoms with Gasteiger partial charge in [0.25, 0.3) is 5.95 Å². The minimum absolute atomic E-state index is 0.0962. The van der Waals surface area contributed by atoms with Crippen LogP contribution in [0.2, 0.25) is 10.0 Å². The third kappa shape index (κ3) is 3.02. The van der Waals surface area contributed by atoms with Gasteiger partial charge in [-0.05, 0) is 35.0 Å². The molecule has 0 unspecified atom stereocenters. The van der Waals surface area contributed by atoms with E-state index < -0.39 is 0 Å². The Morgan fingerprint density at radius 3 is 2.52 bits per heavy atom. The Kier molecular flexibility index (Phi) is 4.50. The molecule has 0 radical (unpaired) electrons. The molecule has 3 aromatic rings. The van der Waals surface area contributed by atoms with Gasteiger partial charge in [-0.2, -0.15) is 4.68 Å².